The number of aromatic nitrogens is 2. The average molecular weight is 165 g/mol. The lowest BCUT2D eigenvalue weighted by Crippen LogP contribution is -2.08. The summed E-state index contributed by atoms with van der Waals surface area (Å²) in [6.07, 6.45) is 4.94. The van der Waals surface area contributed by atoms with E-state index < -0.39 is 0 Å². The Labute approximate surface area is 72.6 Å². The van der Waals surface area contributed by atoms with Crippen LogP contribution in [0.3, 0.4) is 0 Å². The van der Waals surface area contributed by atoms with Gasteiger partial charge in [-0.2, -0.15) is 0 Å². The molecular weight excluding hydrogens is 150 g/mol. The quantitative estimate of drug-likeness (QED) is 0.717. The molecule has 12 heavy (non-hydrogen) atoms. The number of hydrogen-bond donors (Lipinski definition) is 1. The number of nitrogens with zero attached hydrogens (tertiary/aromatic N) is 2. The zero-order chi connectivity index (χ0) is 8.72. The molecule has 1 fully saturated rings. The molecule has 2 atom stereocenters. The summed E-state index contributed by atoms with van der Waals surface area (Å²) in [6, 6.07) is 0.876. The molecule has 2 N–H and O–H groups in total. The second-order valence-electron chi connectivity index (χ2n) is 3.85. The molecule has 0 bridgehead atoms. The van der Waals surface area contributed by atoms with Crippen molar-refractivity contribution in [3.8, 4) is 0 Å². The van der Waals surface area contributed by atoms with Gasteiger partial charge in [-0.25, -0.2) is 4.98 Å². The topological polar surface area (TPSA) is 43.8 Å². The maximum atomic E-state index is 5.78. The van der Waals surface area contributed by atoms with Crippen LogP contribution >= 0.6 is 0 Å². The summed E-state index contributed by atoms with van der Waals surface area (Å²) in [5, 5.41) is 0. The lowest BCUT2D eigenvalue weighted by Gasteiger charge is -2.09. The Bertz CT molecular complexity index is 277. The number of imidazole rings is 1. The van der Waals surface area contributed by atoms with Gasteiger partial charge in [0.1, 0.15) is 0 Å². The van der Waals surface area contributed by atoms with Crippen LogP contribution in [0, 0.1) is 0 Å². The number of hydrogen-bond acceptors (Lipinski definition) is 2. The number of nitrogens with two attached hydrogens (primary N) is 1. The molecule has 0 aliphatic heterocycles. The minimum atomic E-state index is 0.358. The smallest absolute Gasteiger partial charge is 0.0951 e. The molecule has 3 heteroatoms. The highest BCUT2D eigenvalue weighted by Crippen LogP contribution is 2.35. The molecule has 0 aromatic carbocycles. The lowest BCUT2D eigenvalue weighted by atomic mass is 10.1. The van der Waals surface area contributed by atoms with Gasteiger partial charge >= 0.3 is 0 Å². The summed E-state index contributed by atoms with van der Waals surface area (Å²) < 4.78 is 2.22. The van der Waals surface area contributed by atoms with Crippen molar-refractivity contribution < 1.29 is 0 Å². The van der Waals surface area contributed by atoms with Gasteiger partial charge in [0.05, 0.1) is 12.4 Å². The van der Waals surface area contributed by atoms with Crippen LogP contribution in [-0.2, 0) is 0 Å². The van der Waals surface area contributed by atoms with Gasteiger partial charge in [0.15, 0.2) is 0 Å². The van der Waals surface area contributed by atoms with Gasteiger partial charge in [-0.05, 0) is 12.3 Å². The molecule has 3 nitrogen and oxygen atoms in total. The van der Waals surface area contributed by atoms with Gasteiger partial charge < -0.3 is 10.3 Å². The third-order valence-corrected chi connectivity index (χ3v) is 2.45. The summed E-state index contributed by atoms with van der Waals surface area (Å²) in [6.45, 7) is 4.36. The van der Waals surface area contributed by atoms with E-state index in [-0.39, 0.29) is 0 Å². The molecule has 0 saturated heterocycles. The Kier molecular flexibility index (Phi) is 1.68. The fourth-order valence-corrected chi connectivity index (χ4v) is 1.56. The molecule has 1 aromatic heterocycles. The predicted octanol–water partition coefficient (Wildman–Crippen LogP) is 1.28. The minimum absolute atomic E-state index is 0.358. The van der Waals surface area contributed by atoms with E-state index in [0.29, 0.717) is 18.0 Å². The molecule has 0 radical (unpaired) electrons. The third-order valence-electron chi connectivity index (χ3n) is 2.45. The molecule has 2 unspecified atom stereocenters. The maximum absolute atomic E-state index is 5.78. The number of rotatable bonds is 2. The van der Waals surface area contributed by atoms with Gasteiger partial charge in [-0.1, -0.05) is 13.8 Å². The summed E-state index contributed by atoms with van der Waals surface area (Å²) in [7, 11) is 0. The van der Waals surface area contributed by atoms with E-state index in [1.54, 1.807) is 0 Å². The Hall–Kier alpha value is -0.830. The second kappa shape index (κ2) is 2.59. The molecular formula is C9H15N3. The monoisotopic (exact) mass is 165 g/mol. The SMILES string of the molecule is CC(C)c1cncn1C1CC1N. The van der Waals surface area contributed by atoms with E-state index >= 15 is 0 Å². The van der Waals surface area contributed by atoms with Crippen LogP contribution in [-0.4, -0.2) is 15.6 Å². The van der Waals surface area contributed by atoms with Crippen LogP contribution < -0.4 is 5.73 Å². The molecule has 1 aliphatic carbocycles. The van der Waals surface area contributed by atoms with Crippen molar-refractivity contribution >= 4 is 0 Å². The molecule has 1 heterocycles. The van der Waals surface area contributed by atoms with E-state index in [2.05, 4.69) is 23.4 Å². The van der Waals surface area contributed by atoms with Crippen molar-refractivity contribution in [1.82, 2.24) is 9.55 Å². The highest BCUT2D eigenvalue weighted by atomic mass is 15.1. The summed E-state index contributed by atoms with van der Waals surface area (Å²) >= 11 is 0. The lowest BCUT2D eigenvalue weighted by molar-refractivity contribution is 0.641. The molecule has 1 aliphatic rings. The van der Waals surface area contributed by atoms with Gasteiger partial charge in [-0.3, -0.25) is 0 Å². The standard InChI is InChI=1S/C9H15N3/c1-6(2)9-4-11-5-12(9)8-3-7(8)10/h4-8H,3,10H2,1-2H3. The van der Waals surface area contributed by atoms with Gasteiger partial charge in [0.2, 0.25) is 0 Å². The van der Waals surface area contributed by atoms with E-state index in [4.69, 9.17) is 5.73 Å². The van der Waals surface area contributed by atoms with E-state index in [1.807, 2.05) is 12.5 Å². The van der Waals surface area contributed by atoms with Crippen molar-refractivity contribution in [2.24, 2.45) is 5.73 Å². The zero-order valence-electron chi connectivity index (χ0n) is 7.57. The zero-order valence-corrected chi connectivity index (χ0v) is 7.57. The van der Waals surface area contributed by atoms with Crippen molar-refractivity contribution in [2.75, 3.05) is 0 Å². The Morgan fingerprint density at radius 1 is 1.67 bits per heavy atom. The van der Waals surface area contributed by atoms with Crippen molar-refractivity contribution in [1.29, 1.82) is 0 Å². The molecule has 1 saturated carbocycles. The molecule has 1 aromatic rings. The fourth-order valence-electron chi connectivity index (χ4n) is 1.56. The minimum Gasteiger partial charge on any atom is -0.330 e. The van der Waals surface area contributed by atoms with Crippen molar-refractivity contribution in [2.45, 2.75) is 38.3 Å². The summed E-state index contributed by atoms with van der Waals surface area (Å²) in [4.78, 5) is 4.15. The van der Waals surface area contributed by atoms with E-state index in [1.165, 1.54) is 5.69 Å². The second-order valence-corrected chi connectivity index (χ2v) is 3.85. The highest BCUT2D eigenvalue weighted by molar-refractivity contribution is 5.10. The first-order valence-electron chi connectivity index (χ1n) is 4.47. The Morgan fingerprint density at radius 2 is 2.33 bits per heavy atom. The van der Waals surface area contributed by atoms with Crippen LogP contribution in [0.5, 0.6) is 0 Å². The third kappa shape index (κ3) is 1.14. The van der Waals surface area contributed by atoms with Crippen molar-refractivity contribution in [3.63, 3.8) is 0 Å². The Balaban J connectivity index is 2.25. The normalized spacial score (nSPS) is 28.0. The first-order chi connectivity index (χ1) is 5.70. The van der Waals surface area contributed by atoms with E-state index in [9.17, 15) is 0 Å². The van der Waals surface area contributed by atoms with Gasteiger partial charge in [0, 0.05) is 17.9 Å². The van der Waals surface area contributed by atoms with Crippen LogP contribution in [0.25, 0.3) is 0 Å². The van der Waals surface area contributed by atoms with Gasteiger partial charge in [-0.15, -0.1) is 0 Å². The molecule has 0 spiro atoms. The summed E-state index contributed by atoms with van der Waals surface area (Å²) in [5.74, 6) is 0.542. The van der Waals surface area contributed by atoms with E-state index in [0.717, 1.165) is 6.42 Å². The van der Waals surface area contributed by atoms with Gasteiger partial charge in [0.25, 0.3) is 0 Å². The maximum Gasteiger partial charge on any atom is 0.0951 e. The van der Waals surface area contributed by atoms with Crippen LogP contribution in [0.4, 0.5) is 0 Å². The van der Waals surface area contributed by atoms with Crippen LogP contribution in [0.1, 0.15) is 37.9 Å². The fraction of sp³-hybridized carbons (Fsp3) is 0.667. The summed E-state index contributed by atoms with van der Waals surface area (Å²) in [5.41, 5.74) is 7.08. The van der Waals surface area contributed by atoms with Crippen molar-refractivity contribution in [3.05, 3.63) is 18.2 Å². The molecule has 0 amide bonds. The Morgan fingerprint density at radius 3 is 2.83 bits per heavy atom. The molecule has 2 rings (SSSR count). The van der Waals surface area contributed by atoms with Crippen LogP contribution in [0.2, 0.25) is 0 Å². The largest absolute Gasteiger partial charge is 0.330 e. The molecule has 66 valence electrons. The van der Waals surface area contributed by atoms with Crippen LogP contribution in [0.15, 0.2) is 12.5 Å². The predicted molar refractivity (Wildman–Crippen MR) is 47.9 cm³/mol. The average Bonchev–Trinajstić information content (AvgIpc) is 2.58. The first kappa shape index (κ1) is 7.80. The first-order valence-corrected chi connectivity index (χ1v) is 4.47. The highest BCUT2D eigenvalue weighted by Gasteiger charge is 2.36.